The number of hydrogen-bond acceptors (Lipinski definition) is 5. The van der Waals surface area contributed by atoms with Crippen molar-refractivity contribution in [2.24, 2.45) is 0 Å². The van der Waals surface area contributed by atoms with Gasteiger partial charge in [-0.15, -0.1) is 10.2 Å². The maximum atomic E-state index is 13.8. The molecule has 0 unspecified atom stereocenters. The summed E-state index contributed by atoms with van der Waals surface area (Å²) in [5.74, 6) is 0.352. The van der Waals surface area contributed by atoms with Crippen molar-refractivity contribution in [3.05, 3.63) is 148 Å². The molecule has 0 radical (unpaired) electrons. The number of fused-ring (bicyclic) bond motifs is 1. The number of carbonyl (C=O) groups is 1. The summed E-state index contributed by atoms with van der Waals surface area (Å²) in [4.78, 5) is 15.8. The minimum absolute atomic E-state index is 0.0519. The van der Waals surface area contributed by atoms with E-state index in [-0.39, 0.29) is 5.91 Å². The minimum atomic E-state index is -0.549. The SMILES string of the molecule is CC1=CC(C)(C)N(C(=O)CSc2nnc(C)s2)c2ccc(C(c3ccccc3)(c3ccccc3)c3ccccc3)cc21. The lowest BCUT2D eigenvalue weighted by Gasteiger charge is -2.43. The van der Waals surface area contributed by atoms with E-state index >= 15 is 0 Å². The van der Waals surface area contributed by atoms with Gasteiger partial charge in [0, 0.05) is 5.56 Å². The number of thioether (sulfide) groups is 1. The molecule has 0 atom stereocenters. The highest BCUT2D eigenvalue weighted by Crippen LogP contribution is 2.48. The largest absolute Gasteiger partial charge is 0.302 e. The van der Waals surface area contributed by atoms with E-state index in [9.17, 15) is 4.79 Å². The zero-order valence-corrected chi connectivity index (χ0v) is 25.9. The first kappa shape index (κ1) is 28.1. The number of anilines is 1. The predicted molar refractivity (Wildman–Crippen MR) is 175 cm³/mol. The van der Waals surface area contributed by atoms with Crippen molar-refractivity contribution < 1.29 is 4.79 Å². The topological polar surface area (TPSA) is 46.1 Å². The van der Waals surface area contributed by atoms with Crippen molar-refractivity contribution in [2.45, 2.75) is 43.0 Å². The lowest BCUT2D eigenvalue weighted by Crippen LogP contribution is -2.49. The summed E-state index contributed by atoms with van der Waals surface area (Å²) in [7, 11) is 0. The number of nitrogens with zero attached hydrogens (tertiary/aromatic N) is 3. The van der Waals surface area contributed by atoms with E-state index in [0.29, 0.717) is 5.75 Å². The number of rotatable bonds is 7. The fourth-order valence-corrected chi connectivity index (χ4v) is 7.97. The fraction of sp³-hybridized carbons (Fsp3) is 0.194. The van der Waals surface area contributed by atoms with E-state index in [0.717, 1.165) is 31.7 Å². The van der Waals surface area contributed by atoms with Crippen LogP contribution in [0.4, 0.5) is 5.69 Å². The Morgan fingerprint density at radius 3 is 1.83 bits per heavy atom. The average Bonchev–Trinajstić information content (AvgIpc) is 3.43. The maximum Gasteiger partial charge on any atom is 0.238 e. The molecule has 210 valence electrons. The van der Waals surface area contributed by atoms with Crippen LogP contribution >= 0.6 is 23.1 Å². The Hall–Kier alpha value is -4.00. The second-order valence-corrected chi connectivity index (χ2v) is 13.6. The molecule has 42 heavy (non-hydrogen) atoms. The molecule has 4 nitrogen and oxygen atoms in total. The highest BCUT2D eigenvalue weighted by Gasteiger charge is 2.41. The predicted octanol–water partition coefficient (Wildman–Crippen LogP) is 8.55. The van der Waals surface area contributed by atoms with Crippen LogP contribution in [0.25, 0.3) is 5.57 Å². The third-order valence-electron chi connectivity index (χ3n) is 7.94. The number of allylic oxidation sites excluding steroid dienone is 1. The van der Waals surface area contributed by atoms with Crippen LogP contribution < -0.4 is 4.90 Å². The average molecular weight is 588 g/mol. The van der Waals surface area contributed by atoms with Gasteiger partial charge in [0.15, 0.2) is 4.34 Å². The molecular weight excluding hydrogens is 555 g/mol. The lowest BCUT2D eigenvalue weighted by atomic mass is 9.64. The molecule has 0 aliphatic carbocycles. The lowest BCUT2D eigenvalue weighted by molar-refractivity contribution is -0.116. The Labute approximate surface area is 256 Å². The molecule has 5 aromatic rings. The van der Waals surface area contributed by atoms with Gasteiger partial charge < -0.3 is 4.90 Å². The number of aryl methyl sites for hydroxylation is 1. The van der Waals surface area contributed by atoms with E-state index in [1.165, 1.54) is 39.8 Å². The van der Waals surface area contributed by atoms with Crippen LogP contribution in [0.15, 0.2) is 120 Å². The van der Waals surface area contributed by atoms with Crippen molar-refractivity contribution in [1.82, 2.24) is 10.2 Å². The molecule has 0 saturated heterocycles. The maximum absolute atomic E-state index is 13.8. The number of amides is 1. The molecule has 2 heterocycles. The summed E-state index contributed by atoms with van der Waals surface area (Å²) in [6, 6.07) is 38.8. The van der Waals surface area contributed by atoms with Gasteiger partial charge in [-0.25, -0.2) is 0 Å². The van der Waals surface area contributed by atoms with E-state index in [1.54, 1.807) is 0 Å². The summed E-state index contributed by atoms with van der Waals surface area (Å²) < 4.78 is 0.816. The number of aromatic nitrogens is 2. The van der Waals surface area contributed by atoms with Crippen molar-refractivity contribution in [3.63, 3.8) is 0 Å². The first-order valence-electron chi connectivity index (χ1n) is 14.1. The van der Waals surface area contributed by atoms with Gasteiger partial charge in [0.2, 0.25) is 5.91 Å². The third kappa shape index (κ3) is 4.99. The van der Waals surface area contributed by atoms with E-state index in [2.05, 4.69) is 146 Å². The van der Waals surface area contributed by atoms with Crippen LogP contribution in [0.3, 0.4) is 0 Å². The molecule has 0 saturated carbocycles. The Morgan fingerprint density at radius 2 is 1.33 bits per heavy atom. The fourth-order valence-electron chi connectivity index (χ4n) is 6.31. The molecule has 6 heteroatoms. The number of hydrogen-bond donors (Lipinski definition) is 0. The molecule has 1 amide bonds. The van der Waals surface area contributed by atoms with Gasteiger partial charge >= 0.3 is 0 Å². The second kappa shape index (κ2) is 11.3. The standard InChI is InChI=1S/C36H33N3OS2/c1-25-23-35(3,4)39(33(40)24-41-34-38-37-26(2)42-34)32-21-20-30(22-31(25)32)36(27-14-8-5-9-15-27,28-16-10-6-11-17-28)29-18-12-7-13-19-29/h5-23H,24H2,1-4H3. The van der Waals surface area contributed by atoms with Gasteiger partial charge in [-0.3, -0.25) is 4.79 Å². The van der Waals surface area contributed by atoms with Gasteiger partial charge in [0.1, 0.15) is 5.01 Å². The molecule has 6 rings (SSSR count). The summed E-state index contributed by atoms with van der Waals surface area (Å²) in [5.41, 5.74) is 6.88. The highest BCUT2D eigenvalue weighted by atomic mass is 32.2. The molecule has 0 N–H and O–H groups in total. The first-order valence-corrected chi connectivity index (χ1v) is 15.9. The molecule has 0 bridgehead atoms. The summed E-state index contributed by atoms with van der Waals surface area (Å²) in [6.45, 7) is 8.29. The van der Waals surface area contributed by atoms with E-state index in [1.807, 2.05) is 11.8 Å². The normalized spacial score (nSPS) is 14.3. The van der Waals surface area contributed by atoms with Crippen LogP contribution in [-0.4, -0.2) is 27.4 Å². The van der Waals surface area contributed by atoms with Crippen molar-refractivity contribution >= 4 is 40.3 Å². The molecule has 4 aromatic carbocycles. The molecule has 1 aromatic heterocycles. The smallest absolute Gasteiger partial charge is 0.238 e. The van der Waals surface area contributed by atoms with Crippen LogP contribution in [0.2, 0.25) is 0 Å². The number of carbonyl (C=O) groups excluding carboxylic acids is 1. The van der Waals surface area contributed by atoms with E-state index in [4.69, 9.17) is 0 Å². The van der Waals surface area contributed by atoms with Gasteiger partial charge in [0.05, 0.1) is 22.4 Å². The zero-order valence-electron chi connectivity index (χ0n) is 24.2. The van der Waals surface area contributed by atoms with Crippen LogP contribution in [-0.2, 0) is 10.2 Å². The Balaban J connectivity index is 1.52. The van der Waals surface area contributed by atoms with Crippen molar-refractivity contribution in [3.8, 4) is 0 Å². The monoisotopic (exact) mass is 587 g/mol. The quantitative estimate of drug-likeness (QED) is 0.141. The second-order valence-electron chi connectivity index (χ2n) is 11.2. The van der Waals surface area contributed by atoms with Crippen molar-refractivity contribution in [1.29, 1.82) is 0 Å². The van der Waals surface area contributed by atoms with Crippen LogP contribution in [0, 0.1) is 6.92 Å². The van der Waals surface area contributed by atoms with Gasteiger partial charge in [-0.1, -0.05) is 126 Å². The Kier molecular flexibility index (Phi) is 7.60. The molecular formula is C36H33N3OS2. The Bertz CT molecular complexity index is 1650. The van der Waals surface area contributed by atoms with Crippen LogP contribution in [0.1, 0.15) is 53.6 Å². The molecule has 0 spiro atoms. The summed E-state index contributed by atoms with van der Waals surface area (Å²) in [5, 5.41) is 9.20. The van der Waals surface area contributed by atoms with Gasteiger partial charge in [-0.2, -0.15) is 0 Å². The summed E-state index contributed by atoms with van der Waals surface area (Å²) in [6.07, 6.45) is 2.21. The third-order valence-corrected chi connectivity index (χ3v) is 9.89. The highest BCUT2D eigenvalue weighted by molar-refractivity contribution is 8.01. The number of benzene rings is 4. The molecule has 0 fully saturated rings. The Morgan fingerprint density at radius 1 is 0.786 bits per heavy atom. The van der Waals surface area contributed by atoms with Gasteiger partial charge in [-0.05, 0) is 67.7 Å². The summed E-state index contributed by atoms with van der Waals surface area (Å²) >= 11 is 2.97. The minimum Gasteiger partial charge on any atom is -0.302 e. The van der Waals surface area contributed by atoms with Crippen molar-refractivity contribution in [2.75, 3.05) is 10.7 Å². The molecule has 1 aliphatic heterocycles. The van der Waals surface area contributed by atoms with Crippen LogP contribution in [0.5, 0.6) is 0 Å². The van der Waals surface area contributed by atoms with Gasteiger partial charge in [0.25, 0.3) is 0 Å². The first-order chi connectivity index (χ1) is 20.3. The van der Waals surface area contributed by atoms with E-state index < -0.39 is 11.0 Å². The molecule has 1 aliphatic rings. The zero-order chi connectivity index (χ0) is 29.3.